The molecule has 4 amide bonds. The minimum absolute atomic E-state index is 0.0513. The summed E-state index contributed by atoms with van der Waals surface area (Å²) >= 11 is 0. The molecule has 11 N–H and O–H groups in total. The van der Waals surface area contributed by atoms with Gasteiger partial charge in [0.15, 0.2) is 0 Å². The Kier molecular flexibility index (Phi) is 12.6. The molecule has 0 aliphatic heterocycles. The third kappa shape index (κ3) is 11.2. The first-order chi connectivity index (χ1) is 17.7. The molecule has 38 heavy (non-hydrogen) atoms. The fourth-order valence-electron chi connectivity index (χ4n) is 3.19. The van der Waals surface area contributed by atoms with Crippen LogP contribution in [0, 0.1) is 0 Å². The van der Waals surface area contributed by atoms with Gasteiger partial charge in [-0.2, -0.15) is 0 Å². The number of nitrogens with one attached hydrogen (secondary N) is 3. The molecule has 1 aromatic carbocycles. The largest absolute Gasteiger partial charge is 0.508 e. The van der Waals surface area contributed by atoms with E-state index in [0.29, 0.717) is 5.56 Å². The average molecular weight is 540 g/mol. The Morgan fingerprint density at radius 2 is 1.32 bits per heavy atom. The molecular weight excluding hydrogens is 506 g/mol. The number of phenols is 1. The number of aliphatic carboxylic acids is 2. The van der Waals surface area contributed by atoms with Gasteiger partial charge in [0, 0.05) is 19.3 Å². The lowest BCUT2D eigenvalue weighted by atomic mass is 10.0. The highest BCUT2D eigenvalue weighted by atomic mass is 16.4. The molecule has 0 aromatic heterocycles. The summed E-state index contributed by atoms with van der Waals surface area (Å²) in [5.41, 5.74) is 11.1. The number of aliphatic hydroxyl groups excluding tert-OH is 1. The van der Waals surface area contributed by atoms with Crippen LogP contribution in [0.4, 0.5) is 0 Å². The Hall–Kier alpha value is -4.24. The first-order valence-electron chi connectivity index (χ1n) is 11.6. The standard InChI is InChI=1S/C23H33N5O10/c1-11(29)19(25)22(36)28-16(10-12-2-4-13(30)5-3-12)21(35)26-14(7-9-18(32)33)20(34)27-15(23(37)38)6-8-17(24)31/h2-5,11,14-16,19,29-30H,6-10,25H2,1H3,(H2,24,31)(H,26,35)(H,27,34)(H,28,36)(H,32,33)(H,37,38). The topological polar surface area (TPSA) is 271 Å². The molecule has 15 nitrogen and oxygen atoms in total. The van der Waals surface area contributed by atoms with Crippen LogP contribution in [0.5, 0.6) is 5.75 Å². The molecule has 5 atom stereocenters. The van der Waals surface area contributed by atoms with Crippen molar-refractivity contribution < 1.29 is 49.2 Å². The maximum absolute atomic E-state index is 13.2. The van der Waals surface area contributed by atoms with Crippen molar-refractivity contribution in [3.63, 3.8) is 0 Å². The van der Waals surface area contributed by atoms with E-state index in [0.717, 1.165) is 0 Å². The highest BCUT2D eigenvalue weighted by Gasteiger charge is 2.31. The summed E-state index contributed by atoms with van der Waals surface area (Å²) in [7, 11) is 0. The van der Waals surface area contributed by atoms with Gasteiger partial charge in [-0.15, -0.1) is 0 Å². The van der Waals surface area contributed by atoms with Gasteiger partial charge in [-0.1, -0.05) is 12.1 Å². The first-order valence-corrected chi connectivity index (χ1v) is 11.6. The zero-order valence-electron chi connectivity index (χ0n) is 20.6. The third-order valence-corrected chi connectivity index (χ3v) is 5.41. The normalized spacial score (nSPS) is 14.7. The SMILES string of the molecule is CC(O)C(N)C(=O)NC(Cc1ccc(O)cc1)C(=O)NC(CCC(=O)O)C(=O)NC(CCC(N)=O)C(=O)O. The molecule has 0 radical (unpaired) electrons. The third-order valence-electron chi connectivity index (χ3n) is 5.41. The van der Waals surface area contributed by atoms with Crippen LogP contribution in [0.2, 0.25) is 0 Å². The number of amides is 4. The van der Waals surface area contributed by atoms with Crippen molar-refractivity contribution in [2.24, 2.45) is 11.5 Å². The maximum atomic E-state index is 13.2. The number of hydrogen-bond donors (Lipinski definition) is 9. The number of carboxylic acid groups (broad SMARTS) is 2. The van der Waals surface area contributed by atoms with Gasteiger partial charge in [0.25, 0.3) is 0 Å². The number of hydrogen-bond acceptors (Lipinski definition) is 9. The summed E-state index contributed by atoms with van der Waals surface area (Å²) in [4.78, 5) is 72.0. The molecule has 0 aliphatic rings. The molecule has 0 saturated carbocycles. The van der Waals surface area contributed by atoms with Crippen LogP contribution in [0.25, 0.3) is 0 Å². The zero-order chi connectivity index (χ0) is 29.0. The predicted molar refractivity (Wildman–Crippen MR) is 130 cm³/mol. The number of primary amides is 1. The molecule has 210 valence electrons. The van der Waals surface area contributed by atoms with Crippen molar-refractivity contribution in [1.29, 1.82) is 0 Å². The van der Waals surface area contributed by atoms with E-state index < -0.39 is 78.7 Å². The minimum atomic E-state index is -1.55. The predicted octanol–water partition coefficient (Wildman–Crippen LogP) is -2.69. The van der Waals surface area contributed by atoms with Gasteiger partial charge in [-0.3, -0.25) is 24.0 Å². The molecule has 0 saturated heterocycles. The second kappa shape index (κ2) is 15.1. The van der Waals surface area contributed by atoms with Crippen molar-refractivity contribution in [3.8, 4) is 5.75 Å². The van der Waals surface area contributed by atoms with Gasteiger partial charge in [-0.25, -0.2) is 4.79 Å². The summed E-state index contributed by atoms with van der Waals surface area (Å²) in [6.07, 6.45) is -3.09. The highest BCUT2D eigenvalue weighted by Crippen LogP contribution is 2.12. The summed E-state index contributed by atoms with van der Waals surface area (Å²) < 4.78 is 0. The average Bonchev–Trinajstić information content (AvgIpc) is 2.83. The van der Waals surface area contributed by atoms with Gasteiger partial charge >= 0.3 is 11.9 Å². The van der Waals surface area contributed by atoms with Crippen molar-refractivity contribution in [3.05, 3.63) is 29.8 Å². The van der Waals surface area contributed by atoms with Crippen LogP contribution in [0.3, 0.4) is 0 Å². The van der Waals surface area contributed by atoms with Crippen LogP contribution < -0.4 is 27.4 Å². The van der Waals surface area contributed by atoms with Crippen LogP contribution in [-0.2, 0) is 35.2 Å². The van der Waals surface area contributed by atoms with E-state index >= 15 is 0 Å². The summed E-state index contributed by atoms with van der Waals surface area (Å²) in [6, 6.07) is -0.194. The van der Waals surface area contributed by atoms with Gasteiger partial charge in [-0.05, 0) is 37.5 Å². The van der Waals surface area contributed by atoms with Gasteiger partial charge in [0.1, 0.15) is 29.9 Å². The lowest BCUT2D eigenvalue weighted by Gasteiger charge is -2.25. The monoisotopic (exact) mass is 539 g/mol. The number of nitrogens with two attached hydrogens (primary N) is 2. The Morgan fingerprint density at radius 3 is 1.82 bits per heavy atom. The molecule has 0 fully saturated rings. The number of carbonyl (C=O) groups excluding carboxylic acids is 4. The van der Waals surface area contributed by atoms with E-state index in [4.69, 9.17) is 16.6 Å². The number of phenolic OH excluding ortho intramolecular Hbond substituents is 1. The Balaban J connectivity index is 3.16. The smallest absolute Gasteiger partial charge is 0.326 e. The van der Waals surface area contributed by atoms with Crippen LogP contribution >= 0.6 is 0 Å². The molecule has 0 bridgehead atoms. The Morgan fingerprint density at radius 1 is 0.816 bits per heavy atom. The van der Waals surface area contributed by atoms with Crippen molar-refractivity contribution in [2.75, 3.05) is 0 Å². The molecule has 0 aliphatic carbocycles. The number of carboxylic acids is 2. The summed E-state index contributed by atoms with van der Waals surface area (Å²) in [5, 5.41) is 44.3. The van der Waals surface area contributed by atoms with Crippen LogP contribution in [0.15, 0.2) is 24.3 Å². The molecule has 0 heterocycles. The first kappa shape index (κ1) is 31.8. The Bertz CT molecular complexity index is 1010. The second-order valence-electron chi connectivity index (χ2n) is 8.60. The second-order valence-corrected chi connectivity index (χ2v) is 8.60. The summed E-state index contributed by atoms with van der Waals surface area (Å²) in [5.74, 6) is -6.48. The number of aliphatic hydroxyl groups is 1. The van der Waals surface area contributed by atoms with Crippen LogP contribution in [-0.4, -0.2) is 86.3 Å². The lowest BCUT2D eigenvalue weighted by molar-refractivity contribution is -0.143. The summed E-state index contributed by atoms with van der Waals surface area (Å²) in [6.45, 7) is 1.27. The lowest BCUT2D eigenvalue weighted by Crippen LogP contribution is -2.58. The van der Waals surface area contributed by atoms with E-state index in [-0.39, 0.29) is 25.0 Å². The van der Waals surface area contributed by atoms with Crippen molar-refractivity contribution in [1.82, 2.24) is 16.0 Å². The number of carbonyl (C=O) groups is 6. The fourth-order valence-corrected chi connectivity index (χ4v) is 3.19. The molecule has 0 spiro atoms. The van der Waals surface area contributed by atoms with Crippen molar-refractivity contribution >= 4 is 35.6 Å². The fraction of sp³-hybridized carbons (Fsp3) is 0.478. The van der Waals surface area contributed by atoms with E-state index in [1.54, 1.807) is 0 Å². The minimum Gasteiger partial charge on any atom is -0.508 e. The number of benzene rings is 1. The maximum Gasteiger partial charge on any atom is 0.326 e. The van der Waals surface area contributed by atoms with E-state index in [1.165, 1.54) is 31.2 Å². The molecular formula is C23H33N5O10. The van der Waals surface area contributed by atoms with E-state index in [1.807, 2.05) is 0 Å². The zero-order valence-corrected chi connectivity index (χ0v) is 20.6. The van der Waals surface area contributed by atoms with Crippen LogP contribution in [0.1, 0.15) is 38.2 Å². The van der Waals surface area contributed by atoms with Gasteiger partial charge < -0.3 is 47.8 Å². The van der Waals surface area contributed by atoms with E-state index in [9.17, 15) is 44.1 Å². The van der Waals surface area contributed by atoms with Gasteiger partial charge in [0.2, 0.25) is 23.6 Å². The van der Waals surface area contributed by atoms with Crippen molar-refractivity contribution in [2.45, 2.75) is 69.3 Å². The molecule has 1 rings (SSSR count). The quantitative estimate of drug-likeness (QED) is 0.104. The molecule has 1 aromatic rings. The van der Waals surface area contributed by atoms with Gasteiger partial charge in [0.05, 0.1) is 6.10 Å². The number of aromatic hydroxyl groups is 1. The number of rotatable bonds is 16. The van der Waals surface area contributed by atoms with E-state index in [2.05, 4.69) is 16.0 Å². The highest BCUT2D eigenvalue weighted by molar-refractivity contribution is 5.94. The molecule has 15 heteroatoms. The Labute approximate surface area is 217 Å². The molecule has 5 unspecified atom stereocenters.